The lowest BCUT2D eigenvalue weighted by Gasteiger charge is -2.40. The molecule has 0 aromatic heterocycles. The van der Waals surface area contributed by atoms with Crippen LogP contribution in [-0.2, 0) is 23.9 Å². The fourth-order valence-electron chi connectivity index (χ4n) is 4.11. The number of carbonyl (C=O) groups is 4. The fraction of sp³-hybridized carbons (Fsp3) is 0.667. The Labute approximate surface area is 234 Å². The number of rotatable bonds is 13. The van der Waals surface area contributed by atoms with Crippen molar-refractivity contribution in [3.05, 3.63) is 35.4 Å². The van der Waals surface area contributed by atoms with E-state index in [1.807, 2.05) is 52.0 Å². The number of nitrogens with one attached hydrogen (secondary N) is 2. The van der Waals surface area contributed by atoms with Crippen LogP contribution in [0.4, 0.5) is 4.79 Å². The van der Waals surface area contributed by atoms with Crippen LogP contribution in [0.3, 0.4) is 0 Å². The Morgan fingerprint density at radius 1 is 0.974 bits per heavy atom. The van der Waals surface area contributed by atoms with Gasteiger partial charge in [-0.3, -0.25) is 14.4 Å². The number of esters is 1. The van der Waals surface area contributed by atoms with Crippen LogP contribution in [0.15, 0.2) is 24.3 Å². The van der Waals surface area contributed by atoms with Crippen LogP contribution in [0, 0.1) is 18.8 Å². The molecule has 39 heavy (non-hydrogen) atoms. The highest BCUT2D eigenvalue weighted by Gasteiger charge is 2.40. The number of nitrogens with zero attached hydrogens (tertiary/aromatic N) is 1. The maximum atomic E-state index is 14.4. The van der Waals surface area contributed by atoms with Crippen LogP contribution >= 0.6 is 0 Å². The van der Waals surface area contributed by atoms with Gasteiger partial charge >= 0.3 is 12.1 Å². The second-order valence-corrected chi connectivity index (χ2v) is 11.7. The molecule has 0 spiro atoms. The molecule has 220 valence electrons. The van der Waals surface area contributed by atoms with Gasteiger partial charge in [-0.1, -0.05) is 63.9 Å². The van der Waals surface area contributed by atoms with Gasteiger partial charge in [0.2, 0.25) is 11.8 Å². The minimum absolute atomic E-state index is 0.235. The van der Waals surface area contributed by atoms with Crippen LogP contribution in [0.2, 0.25) is 0 Å². The van der Waals surface area contributed by atoms with E-state index in [4.69, 9.17) is 9.47 Å². The molecule has 3 amide bonds. The summed E-state index contributed by atoms with van der Waals surface area (Å²) in [5.74, 6) is -1.33. The number of hydrogen-bond acceptors (Lipinski definition) is 6. The normalized spacial score (nSPS) is 14.5. The smallest absolute Gasteiger partial charge is 0.408 e. The topological polar surface area (TPSA) is 114 Å². The lowest BCUT2D eigenvalue weighted by molar-refractivity contribution is -0.147. The van der Waals surface area contributed by atoms with Gasteiger partial charge in [0.1, 0.15) is 24.2 Å². The Kier molecular flexibility index (Phi) is 13.5. The third-order valence-electron chi connectivity index (χ3n) is 6.60. The zero-order valence-corrected chi connectivity index (χ0v) is 25.4. The molecule has 0 fully saturated rings. The molecule has 0 aliphatic heterocycles. The van der Waals surface area contributed by atoms with E-state index in [-0.39, 0.29) is 24.4 Å². The van der Waals surface area contributed by atoms with Crippen LogP contribution < -0.4 is 10.6 Å². The van der Waals surface area contributed by atoms with E-state index in [1.54, 1.807) is 25.7 Å². The first-order chi connectivity index (χ1) is 18.1. The van der Waals surface area contributed by atoms with Crippen molar-refractivity contribution >= 4 is 23.9 Å². The van der Waals surface area contributed by atoms with Crippen molar-refractivity contribution in [1.82, 2.24) is 15.5 Å². The molecule has 0 heterocycles. The number of alkyl carbamates (subject to hydrolysis) is 1. The lowest BCUT2D eigenvalue weighted by Crippen LogP contribution is -2.57. The average Bonchev–Trinajstić information content (AvgIpc) is 2.86. The number of amides is 3. The maximum Gasteiger partial charge on any atom is 0.408 e. The number of carbonyl (C=O) groups excluding carboxylic acids is 4. The summed E-state index contributed by atoms with van der Waals surface area (Å²) in [6.45, 7) is 16.8. The predicted octanol–water partition coefficient (Wildman–Crippen LogP) is 4.92. The SMILES string of the molecule is CCC(C)C(NC(=O)OC(C)(C)C)C(=O)N(C(C)CCC(C)C)C(C(=O)NCC(=O)OC)c1ccc(C)cc1. The van der Waals surface area contributed by atoms with Gasteiger partial charge in [-0.25, -0.2) is 4.79 Å². The summed E-state index contributed by atoms with van der Waals surface area (Å²) in [6.07, 6.45) is 1.40. The van der Waals surface area contributed by atoms with Crippen LogP contribution in [0.5, 0.6) is 0 Å². The number of methoxy groups -OCH3 is 1. The van der Waals surface area contributed by atoms with Gasteiger partial charge in [0.25, 0.3) is 0 Å². The molecular formula is C30H49N3O6. The Balaban J connectivity index is 3.63. The summed E-state index contributed by atoms with van der Waals surface area (Å²) < 4.78 is 10.2. The van der Waals surface area contributed by atoms with Crippen LogP contribution in [0.1, 0.15) is 91.8 Å². The first kappa shape index (κ1) is 33.9. The van der Waals surface area contributed by atoms with Crippen molar-refractivity contribution in [2.24, 2.45) is 11.8 Å². The standard InChI is InChI=1S/C30H49N3O6/c1-11-21(5)25(32-29(37)39-30(7,8)9)28(36)33(22(6)15-12-19(2)3)26(23-16-13-20(4)14-17-23)27(35)31-18-24(34)38-10/h13-14,16-17,19,21-22,25-26H,11-12,15,18H2,1-10H3,(H,31,35)(H,32,37). The second-order valence-electron chi connectivity index (χ2n) is 11.7. The molecular weight excluding hydrogens is 498 g/mol. The number of benzene rings is 1. The largest absolute Gasteiger partial charge is 0.468 e. The molecule has 0 saturated heterocycles. The first-order valence-electron chi connectivity index (χ1n) is 13.8. The molecule has 0 radical (unpaired) electrons. The zero-order chi connectivity index (χ0) is 29.9. The summed E-state index contributed by atoms with van der Waals surface area (Å²) in [5.41, 5.74) is 0.866. The Hall–Kier alpha value is -3.10. The van der Waals surface area contributed by atoms with Crippen molar-refractivity contribution < 1.29 is 28.7 Å². The maximum absolute atomic E-state index is 14.4. The van der Waals surface area contributed by atoms with Gasteiger partial charge in [-0.05, 0) is 64.9 Å². The van der Waals surface area contributed by atoms with Gasteiger partial charge in [0.15, 0.2) is 0 Å². The van der Waals surface area contributed by atoms with E-state index in [2.05, 4.69) is 24.5 Å². The number of aryl methyl sites for hydroxylation is 1. The lowest BCUT2D eigenvalue weighted by atomic mass is 9.93. The molecule has 1 aromatic rings. The Morgan fingerprint density at radius 3 is 2.05 bits per heavy atom. The van der Waals surface area contributed by atoms with Gasteiger partial charge < -0.3 is 25.0 Å². The Bertz CT molecular complexity index is 954. The van der Waals surface area contributed by atoms with Gasteiger partial charge in [-0.2, -0.15) is 0 Å². The van der Waals surface area contributed by atoms with E-state index in [0.717, 1.165) is 12.0 Å². The van der Waals surface area contributed by atoms with E-state index in [1.165, 1.54) is 7.11 Å². The molecule has 9 nitrogen and oxygen atoms in total. The molecule has 4 unspecified atom stereocenters. The van der Waals surface area contributed by atoms with E-state index >= 15 is 0 Å². The molecule has 4 atom stereocenters. The molecule has 0 bridgehead atoms. The number of ether oxygens (including phenoxy) is 2. The number of hydrogen-bond donors (Lipinski definition) is 2. The van der Waals surface area contributed by atoms with Gasteiger partial charge in [-0.15, -0.1) is 0 Å². The third-order valence-corrected chi connectivity index (χ3v) is 6.60. The highest BCUT2D eigenvalue weighted by Crippen LogP contribution is 2.29. The molecule has 9 heteroatoms. The van der Waals surface area contributed by atoms with E-state index < -0.39 is 35.7 Å². The highest BCUT2D eigenvalue weighted by atomic mass is 16.6. The fourth-order valence-corrected chi connectivity index (χ4v) is 4.11. The second kappa shape index (κ2) is 15.5. The minimum Gasteiger partial charge on any atom is -0.468 e. The quantitative estimate of drug-likeness (QED) is 0.339. The Morgan fingerprint density at radius 2 is 1.56 bits per heavy atom. The van der Waals surface area contributed by atoms with E-state index in [0.29, 0.717) is 24.3 Å². The van der Waals surface area contributed by atoms with Gasteiger partial charge in [0, 0.05) is 6.04 Å². The summed E-state index contributed by atoms with van der Waals surface area (Å²) >= 11 is 0. The summed E-state index contributed by atoms with van der Waals surface area (Å²) in [4.78, 5) is 54.3. The van der Waals surface area contributed by atoms with Crippen LogP contribution in [0.25, 0.3) is 0 Å². The summed E-state index contributed by atoms with van der Waals surface area (Å²) in [5, 5.41) is 5.42. The van der Waals surface area contributed by atoms with Crippen molar-refractivity contribution in [2.75, 3.05) is 13.7 Å². The molecule has 0 aliphatic rings. The molecule has 0 aliphatic carbocycles. The molecule has 1 rings (SSSR count). The molecule has 2 N–H and O–H groups in total. The summed E-state index contributed by atoms with van der Waals surface area (Å²) in [7, 11) is 1.24. The first-order valence-corrected chi connectivity index (χ1v) is 13.8. The van der Waals surface area contributed by atoms with Crippen molar-refractivity contribution in [3.8, 4) is 0 Å². The molecule has 0 saturated carbocycles. The van der Waals surface area contributed by atoms with Crippen molar-refractivity contribution in [3.63, 3.8) is 0 Å². The third kappa shape index (κ3) is 11.3. The van der Waals surface area contributed by atoms with Crippen LogP contribution in [-0.4, -0.2) is 60.1 Å². The van der Waals surface area contributed by atoms with E-state index in [9.17, 15) is 19.2 Å². The highest BCUT2D eigenvalue weighted by molar-refractivity contribution is 5.93. The van der Waals surface area contributed by atoms with Crippen molar-refractivity contribution in [2.45, 2.75) is 105 Å². The van der Waals surface area contributed by atoms with Crippen molar-refractivity contribution in [1.29, 1.82) is 0 Å². The summed E-state index contributed by atoms with van der Waals surface area (Å²) in [6, 6.07) is 5.08. The minimum atomic E-state index is -1.03. The monoisotopic (exact) mass is 547 g/mol. The molecule has 1 aromatic carbocycles. The zero-order valence-electron chi connectivity index (χ0n) is 25.4. The van der Waals surface area contributed by atoms with Gasteiger partial charge in [0.05, 0.1) is 7.11 Å². The average molecular weight is 548 g/mol. The predicted molar refractivity (Wildman–Crippen MR) is 152 cm³/mol.